The molecule has 7 heavy (non-hydrogen) atoms. The second-order valence-electron chi connectivity index (χ2n) is 0.859. The maximum absolute atomic E-state index is 4.96. The third-order valence-electron chi connectivity index (χ3n) is 0.307. The van der Waals surface area contributed by atoms with Gasteiger partial charge in [-0.3, -0.25) is 0 Å². The van der Waals surface area contributed by atoms with Gasteiger partial charge in [0.25, 0.3) is 0 Å². The molecule has 0 aromatic rings. The molecule has 0 aliphatic carbocycles. The fraction of sp³-hybridized carbons (Fsp3) is 1.00. The predicted molar refractivity (Wildman–Crippen MR) is 23.3 cm³/mol. The first kappa shape index (κ1) is 7.65. The summed E-state index contributed by atoms with van der Waals surface area (Å²) in [4.78, 5) is 0. The van der Waals surface area contributed by atoms with Crippen molar-refractivity contribution in [1.29, 1.82) is 0 Å². The Hall–Kier alpha value is 0.650. The Morgan fingerprint density at radius 1 is 1.14 bits per heavy atom. The summed E-state index contributed by atoms with van der Waals surface area (Å²) in [7, 11) is 0. The molecule has 0 bridgehead atoms. The van der Waals surface area contributed by atoms with E-state index in [2.05, 4.69) is 0 Å². The third-order valence-corrected chi connectivity index (χ3v) is 2.06. The van der Waals surface area contributed by atoms with Crippen LogP contribution in [0, 0.1) is 0 Å². The van der Waals surface area contributed by atoms with Gasteiger partial charge in [0.05, 0.1) is 0 Å². The zero-order valence-corrected chi connectivity index (χ0v) is 6.77. The molecule has 0 aromatic carbocycles. The van der Waals surface area contributed by atoms with E-state index in [1.54, 1.807) is 0 Å². The molecule has 0 radical (unpaired) electrons. The minimum absolute atomic E-state index is 0.375. The average Bonchev–Trinajstić information content (AvgIpc) is 1.69. The third kappa shape index (κ3) is 6.65. The Kier molecular flexibility index (Phi) is 7.27. The molecule has 0 unspecified atom stereocenters. The number of hydrogen-bond donors (Lipinski definition) is 0. The van der Waals surface area contributed by atoms with Gasteiger partial charge in [-0.1, -0.05) is 0 Å². The van der Waals surface area contributed by atoms with Crippen molar-refractivity contribution in [2.24, 2.45) is 0 Å². The first-order valence-corrected chi connectivity index (χ1v) is 4.06. The molecule has 0 atom stereocenters. The molecule has 0 N–H and O–H groups in total. The van der Waals surface area contributed by atoms with Crippen LogP contribution in [0.25, 0.3) is 0 Å². The molecule has 0 aliphatic rings. The minimum atomic E-state index is -0.375. The van der Waals surface area contributed by atoms with Crippen LogP contribution in [-0.2, 0) is 6.13 Å². The SMILES string of the molecule is CCO[I-]OCC. The Bertz CT molecular complexity index is 28.9. The second kappa shape index (κ2) is 6.65. The second-order valence-corrected chi connectivity index (χ2v) is 2.46. The van der Waals surface area contributed by atoms with Crippen LogP contribution in [0.2, 0.25) is 0 Å². The van der Waals surface area contributed by atoms with Gasteiger partial charge < -0.3 is 0 Å². The Labute approximate surface area is 55.6 Å². The van der Waals surface area contributed by atoms with Gasteiger partial charge in [0.15, 0.2) is 0 Å². The van der Waals surface area contributed by atoms with Crippen LogP contribution in [0.15, 0.2) is 0 Å². The van der Waals surface area contributed by atoms with E-state index in [-0.39, 0.29) is 22.0 Å². The molecule has 2 nitrogen and oxygen atoms in total. The van der Waals surface area contributed by atoms with Crippen molar-refractivity contribution in [1.82, 2.24) is 0 Å². The molecular weight excluding hydrogens is 207 g/mol. The van der Waals surface area contributed by atoms with Crippen LogP contribution < -0.4 is 22.0 Å². The summed E-state index contributed by atoms with van der Waals surface area (Å²) in [6.45, 7) is 5.51. The molecule has 0 heterocycles. The molecule has 0 spiro atoms. The first-order chi connectivity index (χ1) is 3.41. The van der Waals surface area contributed by atoms with Crippen LogP contribution >= 0.6 is 0 Å². The average molecular weight is 217 g/mol. The van der Waals surface area contributed by atoms with E-state index in [4.69, 9.17) is 6.13 Å². The summed E-state index contributed by atoms with van der Waals surface area (Å²) in [6.07, 6.45) is 0. The van der Waals surface area contributed by atoms with Gasteiger partial charge in [-0.25, -0.2) is 0 Å². The molecule has 0 aliphatic heterocycles. The normalized spacial score (nSPS) is 10.0. The van der Waals surface area contributed by atoms with Gasteiger partial charge in [0.2, 0.25) is 0 Å². The predicted octanol–water partition coefficient (Wildman–Crippen LogP) is -2.02. The van der Waals surface area contributed by atoms with Gasteiger partial charge in [0, 0.05) is 0 Å². The summed E-state index contributed by atoms with van der Waals surface area (Å²) in [5, 5.41) is 0. The molecule has 3 heteroatoms. The Morgan fingerprint density at radius 3 is 1.86 bits per heavy atom. The van der Waals surface area contributed by atoms with E-state index >= 15 is 0 Å². The summed E-state index contributed by atoms with van der Waals surface area (Å²) in [5.74, 6) is 0. The van der Waals surface area contributed by atoms with Crippen molar-refractivity contribution < 1.29 is 28.2 Å². The topological polar surface area (TPSA) is 18.5 Å². The van der Waals surface area contributed by atoms with Crippen LogP contribution in [-0.4, -0.2) is 13.2 Å². The van der Waals surface area contributed by atoms with Crippen molar-refractivity contribution in [3.05, 3.63) is 0 Å². The first-order valence-electron chi connectivity index (χ1n) is 2.30. The van der Waals surface area contributed by atoms with Crippen molar-refractivity contribution >= 4 is 0 Å². The van der Waals surface area contributed by atoms with Crippen LogP contribution in [0.4, 0.5) is 0 Å². The van der Waals surface area contributed by atoms with Crippen LogP contribution in [0.1, 0.15) is 13.8 Å². The van der Waals surface area contributed by atoms with Gasteiger partial charge in [0.1, 0.15) is 0 Å². The van der Waals surface area contributed by atoms with Crippen molar-refractivity contribution in [2.75, 3.05) is 13.2 Å². The van der Waals surface area contributed by atoms with Crippen LogP contribution in [0.3, 0.4) is 0 Å². The van der Waals surface area contributed by atoms with E-state index in [0.29, 0.717) is 0 Å². The number of halogens is 1. The fourth-order valence-electron chi connectivity index (χ4n) is 0.121. The Balaban J connectivity index is 2.45. The molecular formula is C4H10IO2-. The summed E-state index contributed by atoms with van der Waals surface area (Å²) < 4.78 is 9.92. The van der Waals surface area contributed by atoms with E-state index < -0.39 is 0 Å². The van der Waals surface area contributed by atoms with Gasteiger partial charge >= 0.3 is 55.2 Å². The van der Waals surface area contributed by atoms with Crippen molar-refractivity contribution in [3.8, 4) is 0 Å². The molecule has 46 valence electrons. The molecule has 0 saturated carbocycles. The molecule has 0 amide bonds. The van der Waals surface area contributed by atoms with Crippen LogP contribution in [0.5, 0.6) is 0 Å². The zero-order chi connectivity index (χ0) is 5.54. The van der Waals surface area contributed by atoms with E-state index in [9.17, 15) is 0 Å². The summed E-state index contributed by atoms with van der Waals surface area (Å²) in [6, 6.07) is 0. The van der Waals surface area contributed by atoms with Gasteiger partial charge in [-0.2, -0.15) is 0 Å². The van der Waals surface area contributed by atoms with Gasteiger partial charge in [-0.15, -0.1) is 0 Å². The zero-order valence-electron chi connectivity index (χ0n) is 4.61. The van der Waals surface area contributed by atoms with E-state index in [1.807, 2.05) is 13.8 Å². The van der Waals surface area contributed by atoms with E-state index in [0.717, 1.165) is 13.2 Å². The number of hydrogen-bond acceptors (Lipinski definition) is 2. The standard InChI is InChI=1S/C4H10IO2/c1-3-6-5-7-4-2/h3-4H2,1-2H3/q-1. The quantitative estimate of drug-likeness (QED) is 0.399. The molecule has 0 saturated heterocycles. The Morgan fingerprint density at radius 2 is 1.57 bits per heavy atom. The molecule has 0 aromatic heterocycles. The van der Waals surface area contributed by atoms with Crippen molar-refractivity contribution in [3.63, 3.8) is 0 Å². The summed E-state index contributed by atoms with van der Waals surface area (Å²) in [5.41, 5.74) is 0. The monoisotopic (exact) mass is 217 g/mol. The van der Waals surface area contributed by atoms with E-state index in [1.165, 1.54) is 0 Å². The molecule has 0 fully saturated rings. The molecule has 0 rings (SSSR count). The van der Waals surface area contributed by atoms with Gasteiger partial charge in [-0.05, 0) is 0 Å². The van der Waals surface area contributed by atoms with Crippen molar-refractivity contribution in [2.45, 2.75) is 13.8 Å². The maximum atomic E-state index is 4.96. The fourth-order valence-corrected chi connectivity index (χ4v) is 0.809. The summed E-state index contributed by atoms with van der Waals surface area (Å²) >= 11 is -0.375. The number of rotatable bonds is 4.